The fraction of sp³-hybridized carbons (Fsp3) is 0.0769. The number of alkyl halides is 3. The maximum absolute atomic E-state index is 14.9. The molecular weight excluding hydrogens is 430 g/mol. The normalized spacial score (nSPS) is 12.8. The third-order valence-electron chi connectivity index (χ3n) is 5.25. The van der Waals surface area contributed by atoms with Gasteiger partial charge in [-0.1, -0.05) is 97.1 Å². The van der Waals surface area contributed by atoms with Gasteiger partial charge in [0.2, 0.25) is 0 Å². The molecule has 6 heteroatoms. The fourth-order valence-corrected chi connectivity index (χ4v) is 6.76. The highest BCUT2D eigenvalue weighted by atomic mass is 31.2. The maximum Gasteiger partial charge on any atom is 0.416 e. The molecule has 0 spiro atoms. The highest BCUT2D eigenvalue weighted by Crippen LogP contribution is 2.57. The van der Waals surface area contributed by atoms with Crippen molar-refractivity contribution in [1.29, 1.82) is 0 Å². The van der Waals surface area contributed by atoms with Gasteiger partial charge in [0.15, 0.2) is 7.14 Å². The van der Waals surface area contributed by atoms with Crippen LogP contribution in [0.25, 0.3) is 0 Å². The standard InChI is InChI=1S/C26H21F3NOP/c27-26(28,29)21-13-10-14-22(19-21)30-25(20-11-4-1-5-12-20)32(31,23-15-6-2-7-16-23)24-17-8-3-9-18-24/h1-19,25,30H/t25-/m0/s1. The van der Waals surface area contributed by atoms with Crippen molar-refractivity contribution in [2.45, 2.75) is 12.0 Å². The highest BCUT2D eigenvalue weighted by molar-refractivity contribution is 7.79. The van der Waals surface area contributed by atoms with Crippen LogP contribution in [0.2, 0.25) is 0 Å². The first-order valence-electron chi connectivity index (χ1n) is 10.1. The van der Waals surface area contributed by atoms with Crippen LogP contribution in [0.1, 0.15) is 16.9 Å². The lowest BCUT2D eigenvalue weighted by atomic mass is 10.1. The Balaban J connectivity index is 1.90. The van der Waals surface area contributed by atoms with Crippen LogP contribution in [-0.2, 0) is 10.7 Å². The molecule has 162 valence electrons. The lowest BCUT2D eigenvalue weighted by molar-refractivity contribution is -0.137. The van der Waals surface area contributed by atoms with E-state index in [1.807, 2.05) is 66.7 Å². The van der Waals surface area contributed by atoms with Crippen molar-refractivity contribution in [1.82, 2.24) is 0 Å². The van der Waals surface area contributed by atoms with Crippen LogP contribution in [0.4, 0.5) is 18.9 Å². The largest absolute Gasteiger partial charge is 0.416 e. The SMILES string of the molecule is O=P(c1ccccc1)(c1ccccc1)[C@H](Nc1cccc(C(F)(F)F)c1)c1ccccc1. The van der Waals surface area contributed by atoms with Gasteiger partial charge in [-0.05, 0) is 23.8 Å². The van der Waals surface area contributed by atoms with Crippen LogP contribution in [0.3, 0.4) is 0 Å². The van der Waals surface area contributed by atoms with Crippen molar-refractivity contribution in [3.63, 3.8) is 0 Å². The molecule has 0 bridgehead atoms. The van der Waals surface area contributed by atoms with Gasteiger partial charge in [-0.15, -0.1) is 0 Å². The van der Waals surface area contributed by atoms with Gasteiger partial charge in [-0.25, -0.2) is 0 Å². The molecule has 0 unspecified atom stereocenters. The second kappa shape index (κ2) is 9.05. The molecule has 1 N–H and O–H groups in total. The summed E-state index contributed by atoms with van der Waals surface area (Å²) in [6.07, 6.45) is -4.47. The number of nitrogens with one attached hydrogen (secondary N) is 1. The Labute approximate surface area is 185 Å². The summed E-state index contributed by atoms with van der Waals surface area (Å²) >= 11 is 0. The number of rotatable bonds is 6. The van der Waals surface area contributed by atoms with Crippen LogP contribution >= 0.6 is 7.14 Å². The van der Waals surface area contributed by atoms with E-state index in [9.17, 15) is 17.7 Å². The predicted octanol–water partition coefficient (Wildman–Crippen LogP) is 6.83. The third kappa shape index (κ3) is 4.49. The molecule has 4 rings (SSSR count). The summed E-state index contributed by atoms with van der Waals surface area (Å²) in [5, 5.41) is 4.43. The van der Waals surface area contributed by atoms with E-state index in [1.165, 1.54) is 6.07 Å². The van der Waals surface area contributed by atoms with E-state index in [4.69, 9.17) is 0 Å². The molecule has 0 saturated heterocycles. The molecule has 0 amide bonds. The molecule has 0 saturated carbocycles. The summed E-state index contributed by atoms with van der Waals surface area (Å²) in [4.78, 5) is 0. The van der Waals surface area contributed by atoms with Gasteiger partial charge in [0, 0.05) is 16.3 Å². The van der Waals surface area contributed by atoms with Gasteiger partial charge in [0.25, 0.3) is 0 Å². The third-order valence-corrected chi connectivity index (χ3v) is 8.54. The predicted molar refractivity (Wildman–Crippen MR) is 124 cm³/mol. The molecule has 32 heavy (non-hydrogen) atoms. The van der Waals surface area contributed by atoms with Crippen LogP contribution in [-0.4, -0.2) is 0 Å². The fourth-order valence-electron chi connectivity index (χ4n) is 3.71. The molecule has 4 aromatic rings. The number of halogens is 3. The molecule has 0 radical (unpaired) electrons. The van der Waals surface area contributed by atoms with E-state index in [2.05, 4.69) is 5.32 Å². The first-order valence-corrected chi connectivity index (χ1v) is 11.9. The van der Waals surface area contributed by atoms with Gasteiger partial charge in [-0.3, -0.25) is 0 Å². The van der Waals surface area contributed by atoms with Gasteiger partial charge >= 0.3 is 6.18 Å². The molecule has 4 aromatic carbocycles. The first-order chi connectivity index (χ1) is 15.4. The van der Waals surface area contributed by atoms with E-state index >= 15 is 0 Å². The monoisotopic (exact) mass is 451 g/mol. The van der Waals surface area contributed by atoms with Crippen LogP contribution < -0.4 is 15.9 Å². The second-order valence-corrected chi connectivity index (χ2v) is 10.2. The maximum atomic E-state index is 14.9. The Morgan fingerprint density at radius 3 is 1.66 bits per heavy atom. The minimum Gasteiger partial charge on any atom is -0.371 e. The zero-order chi connectivity index (χ0) is 22.6. The zero-order valence-corrected chi connectivity index (χ0v) is 17.9. The number of anilines is 1. The Hall–Kier alpha value is -3.30. The van der Waals surface area contributed by atoms with Crippen molar-refractivity contribution in [2.24, 2.45) is 0 Å². The van der Waals surface area contributed by atoms with E-state index < -0.39 is 24.7 Å². The van der Waals surface area contributed by atoms with Crippen molar-refractivity contribution in [3.8, 4) is 0 Å². The van der Waals surface area contributed by atoms with Gasteiger partial charge < -0.3 is 9.88 Å². The quantitative estimate of drug-likeness (QED) is 0.326. The minimum atomic E-state index is -4.47. The van der Waals surface area contributed by atoms with Gasteiger partial charge in [-0.2, -0.15) is 13.2 Å². The van der Waals surface area contributed by atoms with E-state index in [-0.39, 0.29) is 5.69 Å². The van der Waals surface area contributed by atoms with Crippen LogP contribution in [0.15, 0.2) is 115 Å². The van der Waals surface area contributed by atoms with Gasteiger partial charge in [0.1, 0.15) is 5.78 Å². The van der Waals surface area contributed by atoms with Crippen LogP contribution in [0, 0.1) is 0 Å². The summed E-state index contributed by atoms with van der Waals surface area (Å²) in [6, 6.07) is 32.3. The molecule has 1 atom stereocenters. The number of benzene rings is 4. The smallest absolute Gasteiger partial charge is 0.371 e. The van der Waals surface area contributed by atoms with E-state index in [0.717, 1.165) is 17.7 Å². The molecule has 2 nitrogen and oxygen atoms in total. The first kappa shape index (κ1) is 21.9. The summed E-state index contributed by atoms with van der Waals surface area (Å²) < 4.78 is 54.8. The summed E-state index contributed by atoms with van der Waals surface area (Å²) in [5.74, 6) is -0.767. The zero-order valence-electron chi connectivity index (χ0n) is 17.0. The lowest BCUT2D eigenvalue weighted by Crippen LogP contribution is -2.26. The second-order valence-electron chi connectivity index (χ2n) is 7.37. The molecule has 0 heterocycles. The Bertz CT molecular complexity index is 1170. The summed E-state index contributed by atoms with van der Waals surface area (Å²) in [6.45, 7) is 0. The highest BCUT2D eigenvalue weighted by Gasteiger charge is 2.38. The van der Waals surface area contributed by atoms with E-state index in [1.54, 1.807) is 30.3 Å². The lowest BCUT2D eigenvalue weighted by Gasteiger charge is -2.31. The molecule has 0 aliphatic heterocycles. The molecule has 0 fully saturated rings. The van der Waals surface area contributed by atoms with Crippen molar-refractivity contribution in [3.05, 3.63) is 126 Å². The van der Waals surface area contributed by atoms with E-state index in [0.29, 0.717) is 10.6 Å². The van der Waals surface area contributed by atoms with Crippen molar-refractivity contribution in [2.75, 3.05) is 5.32 Å². The molecule has 0 aromatic heterocycles. The number of hydrogen-bond donors (Lipinski definition) is 1. The average Bonchev–Trinajstić information content (AvgIpc) is 2.83. The minimum absolute atomic E-state index is 0.251. The summed E-state index contributed by atoms with van der Waals surface area (Å²) in [7, 11) is -3.37. The van der Waals surface area contributed by atoms with Gasteiger partial charge in [0.05, 0.1) is 5.56 Å². The Morgan fingerprint density at radius 1 is 0.656 bits per heavy atom. The Kier molecular flexibility index (Phi) is 6.20. The van der Waals surface area contributed by atoms with Crippen LogP contribution in [0.5, 0.6) is 0 Å². The molecule has 0 aliphatic carbocycles. The van der Waals surface area contributed by atoms with Crippen molar-refractivity contribution >= 4 is 23.4 Å². The topological polar surface area (TPSA) is 29.1 Å². The molecular formula is C26H21F3NOP. The van der Waals surface area contributed by atoms with Crippen molar-refractivity contribution < 1.29 is 17.7 Å². The summed E-state index contributed by atoms with van der Waals surface area (Å²) in [5.41, 5.74) is 0.213. The Morgan fingerprint density at radius 2 is 1.16 bits per heavy atom. The average molecular weight is 451 g/mol. The number of hydrogen-bond acceptors (Lipinski definition) is 2. The molecule has 0 aliphatic rings.